The number of thiophene rings is 1. The van der Waals surface area contributed by atoms with E-state index >= 15 is 0 Å². The van der Waals surface area contributed by atoms with E-state index in [0.717, 1.165) is 33.9 Å². The summed E-state index contributed by atoms with van der Waals surface area (Å²) in [7, 11) is 0. The van der Waals surface area contributed by atoms with Gasteiger partial charge in [0.15, 0.2) is 5.71 Å². The Bertz CT molecular complexity index is 1710. The van der Waals surface area contributed by atoms with E-state index in [1.165, 1.54) is 18.3 Å². The lowest BCUT2D eigenvalue weighted by Crippen LogP contribution is -2.18. The minimum atomic E-state index is -0.608. The molecule has 6 nitrogen and oxygen atoms in total. The van der Waals surface area contributed by atoms with Gasteiger partial charge in [0.1, 0.15) is 0 Å². The van der Waals surface area contributed by atoms with Gasteiger partial charge in [0.2, 0.25) is 11.6 Å². The first-order chi connectivity index (χ1) is 17.9. The lowest BCUT2D eigenvalue weighted by atomic mass is 9.96. The molecule has 5 rings (SSSR count). The van der Waals surface area contributed by atoms with Crippen LogP contribution in [-0.2, 0) is 16.2 Å². The maximum Gasteiger partial charge on any atom is 0.332 e. The Kier molecular flexibility index (Phi) is 6.54. The highest BCUT2D eigenvalue weighted by Gasteiger charge is 2.22. The van der Waals surface area contributed by atoms with Gasteiger partial charge in [0, 0.05) is 52.0 Å². The number of benzene rings is 3. The number of Topliss-reactive ketones (excluding diaryl/α,β-unsaturated/α-hetero) is 1. The monoisotopic (exact) mass is 508 g/mol. The number of ketones is 2. The highest BCUT2D eigenvalue weighted by atomic mass is 32.1. The normalized spacial score (nSPS) is 11.7. The summed E-state index contributed by atoms with van der Waals surface area (Å²) in [5.41, 5.74) is 4.43. The highest BCUT2D eigenvalue weighted by molar-refractivity contribution is 7.12. The van der Waals surface area contributed by atoms with Crippen LogP contribution in [0.5, 0.6) is 0 Å². The Hall–Kier alpha value is -4.36. The summed E-state index contributed by atoms with van der Waals surface area (Å²) >= 11 is 1.41. The molecule has 0 aliphatic carbocycles. The van der Waals surface area contributed by atoms with Gasteiger partial charge in [0.25, 0.3) is 0 Å². The average molecular weight is 509 g/mol. The maximum absolute atomic E-state index is 13.7. The van der Waals surface area contributed by atoms with E-state index in [0.29, 0.717) is 21.6 Å². The molecule has 0 aliphatic heterocycles. The lowest BCUT2D eigenvalue weighted by molar-refractivity contribution is -0.140. The van der Waals surface area contributed by atoms with Crippen molar-refractivity contribution in [2.24, 2.45) is 5.16 Å². The second-order valence-corrected chi connectivity index (χ2v) is 9.63. The van der Waals surface area contributed by atoms with Gasteiger partial charge in [-0.25, -0.2) is 4.79 Å². The Balaban J connectivity index is 1.66. The third kappa shape index (κ3) is 4.49. The van der Waals surface area contributed by atoms with Crippen LogP contribution < -0.4 is 0 Å². The van der Waals surface area contributed by atoms with Gasteiger partial charge in [-0.1, -0.05) is 35.5 Å². The minimum absolute atomic E-state index is 0.0307. The van der Waals surface area contributed by atoms with E-state index in [-0.39, 0.29) is 17.3 Å². The summed E-state index contributed by atoms with van der Waals surface area (Å²) in [5, 5.41) is 7.57. The topological polar surface area (TPSA) is 77.7 Å². The second kappa shape index (κ2) is 9.95. The molecule has 2 heterocycles. The zero-order valence-electron chi connectivity index (χ0n) is 20.6. The molecule has 0 saturated heterocycles. The zero-order valence-corrected chi connectivity index (χ0v) is 21.5. The number of aromatic nitrogens is 1. The molecule has 0 spiro atoms. The molecule has 7 heteroatoms. The van der Waals surface area contributed by atoms with E-state index in [1.54, 1.807) is 12.1 Å². The summed E-state index contributed by atoms with van der Waals surface area (Å²) in [5.74, 6) is -0.999. The fourth-order valence-corrected chi connectivity index (χ4v) is 5.26. The predicted molar refractivity (Wildman–Crippen MR) is 147 cm³/mol. The van der Waals surface area contributed by atoms with Crippen molar-refractivity contribution in [2.75, 3.05) is 0 Å². The molecule has 0 atom stereocenters. The fraction of sp³-hybridized carbons (Fsp3) is 0.133. The zero-order chi connectivity index (χ0) is 26.1. The molecule has 0 fully saturated rings. The first kappa shape index (κ1) is 24.3. The quantitative estimate of drug-likeness (QED) is 0.108. The van der Waals surface area contributed by atoms with Crippen LogP contribution in [0.15, 0.2) is 83.3 Å². The SMILES string of the molecule is CCn1c2ccc(C(=O)C(=NOC(C)=O)c3ccccc3C)cc2c2cc(C(=O)c3cccs3)ccc21. The molecule has 0 N–H and O–H groups in total. The van der Waals surface area contributed by atoms with Crippen molar-refractivity contribution in [1.29, 1.82) is 0 Å². The molecule has 3 aromatic carbocycles. The van der Waals surface area contributed by atoms with Crippen LogP contribution in [0.1, 0.15) is 50.6 Å². The van der Waals surface area contributed by atoms with Gasteiger partial charge in [0.05, 0.1) is 4.88 Å². The average Bonchev–Trinajstić information content (AvgIpc) is 3.55. The number of aryl methyl sites for hydroxylation is 2. The summed E-state index contributed by atoms with van der Waals surface area (Å²) < 4.78 is 2.16. The number of hydrogen-bond acceptors (Lipinski definition) is 6. The van der Waals surface area contributed by atoms with Gasteiger partial charge >= 0.3 is 5.97 Å². The van der Waals surface area contributed by atoms with Crippen LogP contribution in [0.4, 0.5) is 0 Å². The van der Waals surface area contributed by atoms with Crippen LogP contribution in [0.3, 0.4) is 0 Å². The second-order valence-electron chi connectivity index (χ2n) is 8.68. The first-order valence-corrected chi connectivity index (χ1v) is 12.8. The predicted octanol–water partition coefficient (Wildman–Crippen LogP) is 6.57. The van der Waals surface area contributed by atoms with Crippen molar-refractivity contribution in [3.05, 3.63) is 105 Å². The molecule has 2 aromatic heterocycles. The summed E-state index contributed by atoms with van der Waals surface area (Å²) in [6.45, 7) is 5.90. The minimum Gasteiger partial charge on any atom is -0.341 e. The van der Waals surface area contributed by atoms with E-state index in [2.05, 4.69) is 16.6 Å². The Morgan fingerprint density at radius 1 is 0.892 bits per heavy atom. The molecule has 184 valence electrons. The standard InChI is InChI=1S/C30H24N2O4S/c1-4-32-25-13-11-20(29(34)27-10-7-15-37-27)16-23(25)24-17-21(12-14-26(24)32)30(35)28(31-36-19(3)33)22-9-6-5-8-18(22)2/h5-17H,4H2,1-3H3. The van der Waals surface area contributed by atoms with E-state index < -0.39 is 5.97 Å². The number of carbonyl (C=O) groups is 3. The van der Waals surface area contributed by atoms with Crippen LogP contribution >= 0.6 is 11.3 Å². The van der Waals surface area contributed by atoms with Crippen molar-refractivity contribution in [3.63, 3.8) is 0 Å². The van der Waals surface area contributed by atoms with E-state index in [1.807, 2.05) is 73.0 Å². The Morgan fingerprint density at radius 3 is 2.19 bits per heavy atom. The molecular weight excluding hydrogens is 484 g/mol. The van der Waals surface area contributed by atoms with Gasteiger partial charge in [-0.05, 0) is 67.3 Å². The summed E-state index contributed by atoms with van der Waals surface area (Å²) in [6, 6.07) is 22.2. The molecule has 0 saturated carbocycles. The number of fused-ring (bicyclic) bond motifs is 3. The molecule has 0 radical (unpaired) electrons. The van der Waals surface area contributed by atoms with Crippen molar-refractivity contribution in [2.45, 2.75) is 27.3 Å². The summed E-state index contributed by atoms with van der Waals surface area (Å²) in [6.07, 6.45) is 0. The molecule has 0 aliphatic rings. The Labute approximate surface area is 217 Å². The van der Waals surface area contributed by atoms with Gasteiger partial charge in [-0.3, -0.25) is 9.59 Å². The van der Waals surface area contributed by atoms with Crippen LogP contribution in [0.2, 0.25) is 0 Å². The Morgan fingerprint density at radius 2 is 1.57 bits per heavy atom. The van der Waals surface area contributed by atoms with Crippen molar-refractivity contribution >= 4 is 56.4 Å². The number of hydrogen-bond donors (Lipinski definition) is 0. The van der Waals surface area contributed by atoms with Gasteiger partial charge < -0.3 is 9.40 Å². The number of rotatable bonds is 7. The van der Waals surface area contributed by atoms with Crippen molar-refractivity contribution < 1.29 is 19.2 Å². The highest BCUT2D eigenvalue weighted by Crippen LogP contribution is 2.32. The largest absolute Gasteiger partial charge is 0.341 e. The molecule has 5 aromatic rings. The maximum atomic E-state index is 13.7. The van der Waals surface area contributed by atoms with E-state index in [9.17, 15) is 14.4 Å². The smallest absolute Gasteiger partial charge is 0.332 e. The lowest BCUT2D eigenvalue weighted by Gasteiger charge is -2.09. The van der Waals surface area contributed by atoms with Gasteiger partial charge in [-0.15, -0.1) is 11.3 Å². The first-order valence-electron chi connectivity index (χ1n) is 11.9. The number of carbonyl (C=O) groups excluding carboxylic acids is 3. The molecule has 37 heavy (non-hydrogen) atoms. The van der Waals surface area contributed by atoms with Crippen LogP contribution in [0, 0.1) is 6.92 Å². The number of oxime groups is 1. The third-order valence-electron chi connectivity index (χ3n) is 6.33. The molecule has 0 bridgehead atoms. The molecular formula is C30H24N2O4S. The summed E-state index contributed by atoms with van der Waals surface area (Å²) in [4.78, 5) is 43.8. The number of nitrogens with zero attached hydrogens (tertiary/aromatic N) is 2. The molecule has 0 unspecified atom stereocenters. The van der Waals surface area contributed by atoms with Crippen LogP contribution in [0.25, 0.3) is 21.8 Å². The van der Waals surface area contributed by atoms with Crippen molar-refractivity contribution in [3.8, 4) is 0 Å². The van der Waals surface area contributed by atoms with Gasteiger partial charge in [-0.2, -0.15) is 0 Å². The van der Waals surface area contributed by atoms with Crippen LogP contribution in [-0.4, -0.2) is 27.8 Å². The van der Waals surface area contributed by atoms with Crippen molar-refractivity contribution in [1.82, 2.24) is 4.57 Å². The molecule has 0 amide bonds. The van der Waals surface area contributed by atoms with E-state index in [4.69, 9.17) is 4.84 Å². The third-order valence-corrected chi connectivity index (χ3v) is 7.20. The fourth-order valence-electron chi connectivity index (χ4n) is 4.58.